The van der Waals surface area contributed by atoms with E-state index in [1.807, 2.05) is 32.0 Å². The number of aldehydes is 2. The van der Waals surface area contributed by atoms with Gasteiger partial charge in [-0.05, 0) is 50.1 Å². The van der Waals surface area contributed by atoms with Crippen molar-refractivity contribution in [1.82, 2.24) is 0 Å². The molecule has 2 rings (SSSR count). The van der Waals surface area contributed by atoms with Crippen LogP contribution in [0.15, 0.2) is 36.4 Å². The first-order valence-corrected chi connectivity index (χ1v) is 6.25. The zero-order valence-electron chi connectivity index (χ0n) is 11.9. The summed E-state index contributed by atoms with van der Waals surface area (Å²) < 4.78 is 0. The maximum Gasteiger partial charge on any atom is 0.150 e. The molecule has 1 N–H and O–H groups in total. The molecule has 0 saturated heterocycles. The summed E-state index contributed by atoms with van der Waals surface area (Å²) in [6, 6.07) is 10.4. The molecule has 0 radical (unpaired) electrons. The van der Waals surface area contributed by atoms with Crippen LogP contribution < -0.4 is 0 Å². The Morgan fingerprint density at radius 2 is 1.30 bits per heavy atom. The summed E-state index contributed by atoms with van der Waals surface area (Å²) in [5.74, 6) is 0.197. The van der Waals surface area contributed by atoms with Gasteiger partial charge in [-0.25, -0.2) is 0 Å². The van der Waals surface area contributed by atoms with Gasteiger partial charge < -0.3 is 5.11 Å². The van der Waals surface area contributed by atoms with Gasteiger partial charge in [-0.3, -0.25) is 9.59 Å². The molecule has 0 aromatic heterocycles. The number of rotatable bonds is 2. The number of hydrogen-bond donors (Lipinski definition) is 1. The second-order valence-corrected chi connectivity index (χ2v) is 4.64. The molecule has 0 aliphatic carbocycles. The van der Waals surface area contributed by atoms with Gasteiger partial charge in [0.25, 0.3) is 0 Å². The Morgan fingerprint density at radius 1 is 0.800 bits per heavy atom. The van der Waals surface area contributed by atoms with Crippen LogP contribution in [0.1, 0.15) is 37.4 Å². The number of phenolic OH excluding ortho intramolecular Hbond substituents is 1. The lowest BCUT2D eigenvalue weighted by atomic mass is 10.1. The van der Waals surface area contributed by atoms with Crippen molar-refractivity contribution in [2.45, 2.75) is 20.8 Å². The average Bonchev–Trinajstić information content (AvgIpc) is 2.40. The maximum atomic E-state index is 10.3. The number of carbonyl (C=O) groups is 2. The van der Waals surface area contributed by atoms with Crippen LogP contribution in [-0.4, -0.2) is 17.7 Å². The Bertz CT molecular complexity index is 560. The minimum Gasteiger partial charge on any atom is -0.508 e. The molecule has 0 heterocycles. The molecule has 104 valence electrons. The maximum absolute atomic E-state index is 10.3. The quantitative estimate of drug-likeness (QED) is 0.848. The van der Waals surface area contributed by atoms with Gasteiger partial charge >= 0.3 is 0 Å². The number of aromatic hydroxyl groups is 1. The Morgan fingerprint density at radius 3 is 1.75 bits per heavy atom. The van der Waals surface area contributed by atoms with Crippen LogP contribution >= 0.6 is 0 Å². The SMILES string of the molecule is Cc1cc(O)ccc1C=O.Cc1ccc(C=O)c(C)c1. The van der Waals surface area contributed by atoms with Crippen LogP contribution in [0.25, 0.3) is 0 Å². The molecule has 2 aromatic carbocycles. The summed E-state index contributed by atoms with van der Waals surface area (Å²) in [6.07, 6.45) is 1.66. The third-order valence-corrected chi connectivity index (χ3v) is 2.93. The van der Waals surface area contributed by atoms with E-state index in [0.29, 0.717) is 5.56 Å². The van der Waals surface area contributed by atoms with E-state index in [0.717, 1.165) is 29.3 Å². The molecule has 0 bridgehead atoms. The summed E-state index contributed by atoms with van der Waals surface area (Å²) in [6.45, 7) is 5.74. The Hall–Kier alpha value is -2.42. The first-order valence-electron chi connectivity index (χ1n) is 6.25. The number of phenols is 1. The molecule has 0 spiro atoms. The van der Waals surface area contributed by atoms with Crippen molar-refractivity contribution in [1.29, 1.82) is 0 Å². The van der Waals surface area contributed by atoms with E-state index < -0.39 is 0 Å². The van der Waals surface area contributed by atoms with Gasteiger partial charge in [0, 0.05) is 11.1 Å². The summed E-state index contributed by atoms with van der Waals surface area (Å²) in [5.41, 5.74) is 4.46. The minimum atomic E-state index is 0.197. The highest BCUT2D eigenvalue weighted by Crippen LogP contribution is 2.13. The second-order valence-electron chi connectivity index (χ2n) is 4.64. The molecule has 0 aliphatic rings. The molecular formula is C17H18O3. The molecule has 0 amide bonds. The molecule has 0 saturated carbocycles. The van der Waals surface area contributed by atoms with Crippen molar-refractivity contribution in [2.75, 3.05) is 0 Å². The smallest absolute Gasteiger partial charge is 0.150 e. The van der Waals surface area contributed by atoms with Crippen LogP contribution in [0, 0.1) is 20.8 Å². The standard InChI is InChI=1S/C9H10O.C8H8O2/c1-7-3-4-9(6-10)8(2)5-7;1-6-4-8(10)3-2-7(6)5-9/h3-6H,1-2H3;2-5,10H,1H3. The van der Waals surface area contributed by atoms with E-state index in [1.165, 1.54) is 11.6 Å². The third-order valence-electron chi connectivity index (χ3n) is 2.93. The van der Waals surface area contributed by atoms with Crippen molar-refractivity contribution < 1.29 is 14.7 Å². The Kier molecular flexibility index (Phi) is 5.66. The van der Waals surface area contributed by atoms with E-state index in [9.17, 15) is 9.59 Å². The molecule has 3 heteroatoms. The number of hydrogen-bond acceptors (Lipinski definition) is 3. The van der Waals surface area contributed by atoms with E-state index in [2.05, 4.69) is 0 Å². The highest BCUT2D eigenvalue weighted by atomic mass is 16.3. The van der Waals surface area contributed by atoms with Crippen LogP contribution in [-0.2, 0) is 0 Å². The number of aryl methyl sites for hydroxylation is 3. The normalized spacial score (nSPS) is 9.35. The summed E-state index contributed by atoms with van der Waals surface area (Å²) in [5, 5.41) is 8.92. The van der Waals surface area contributed by atoms with Crippen LogP contribution in [0.4, 0.5) is 0 Å². The van der Waals surface area contributed by atoms with Crippen molar-refractivity contribution in [2.24, 2.45) is 0 Å². The second kappa shape index (κ2) is 7.24. The average molecular weight is 270 g/mol. The van der Waals surface area contributed by atoms with Crippen molar-refractivity contribution in [3.63, 3.8) is 0 Å². The van der Waals surface area contributed by atoms with Gasteiger partial charge in [-0.15, -0.1) is 0 Å². The Balaban J connectivity index is 0.000000200. The fourth-order valence-corrected chi connectivity index (χ4v) is 1.75. The number of benzene rings is 2. The van der Waals surface area contributed by atoms with Gasteiger partial charge in [0.15, 0.2) is 0 Å². The lowest BCUT2D eigenvalue weighted by molar-refractivity contribution is 0.111. The molecule has 0 fully saturated rings. The topological polar surface area (TPSA) is 54.4 Å². The Labute approximate surface area is 118 Å². The van der Waals surface area contributed by atoms with Crippen molar-refractivity contribution in [3.8, 4) is 5.75 Å². The molecule has 3 nitrogen and oxygen atoms in total. The summed E-state index contributed by atoms with van der Waals surface area (Å²) in [4.78, 5) is 20.6. The van der Waals surface area contributed by atoms with Gasteiger partial charge in [0.05, 0.1) is 0 Å². The van der Waals surface area contributed by atoms with E-state index in [1.54, 1.807) is 19.1 Å². The predicted octanol–water partition coefficient (Wildman–Crippen LogP) is 3.63. The zero-order chi connectivity index (χ0) is 15.1. The monoisotopic (exact) mass is 270 g/mol. The highest BCUT2D eigenvalue weighted by molar-refractivity contribution is 5.77. The van der Waals surface area contributed by atoms with Gasteiger partial charge in [-0.2, -0.15) is 0 Å². The van der Waals surface area contributed by atoms with Gasteiger partial charge in [0.2, 0.25) is 0 Å². The third kappa shape index (κ3) is 4.35. The lowest BCUT2D eigenvalue weighted by Gasteiger charge is -1.97. The lowest BCUT2D eigenvalue weighted by Crippen LogP contribution is -1.85. The fourth-order valence-electron chi connectivity index (χ4n) is 1.75. The predicted molar refractivity (Wildman–Crippen MR) is 79.5 cm³/mol. The largest absolute Gasteiger partial charge is 0.508 e. The fraction of sp³-hybridized carbons (Fsp3) is 0.176. The molecular weight excluding hydrogens is 252 g/mol. The van der Waals surface area contributed by atoms with Crippen LogP contribution in [0.3, 0.4) is 0 Å². The zero-order valence-corrected chi connectivity index (χ0v) is 11.9. The van der Waals surface area contributed by atoms with E-state index in [4.69, 9.17) is 5.11 Å². The van der Waals surface area contributed by atoms with E-state index >= 15 is 0 Å². The van der Waals surface area contributed by atoms with Gasteiger partial charge in [-0.1, -0.05) is 23.8 Å². The highest BCUT2D eigenvalue weighted by Gasteiger charge is 1.95. The molecule has 0 atom stereocenters. The molecule has 0 aliphatic heterocycles. The van der Waals surface area contributed by atoms with Crippen molar-refractivity contribution >= 4 is 12.6 Å². The van der Waals surface area contributed by atoms with Gasteiger partial charge in [0.1, 0.15) is 18.3 Å². The molecule has 2 aromatic rings. The first-order chi connectivity index (χ1) is 9.47. The van der Waals surface area contributed by atoms with Crippen LogP contribution in [0.2, 0.25) is 0 Å². The number of carbonyl (C=O) groups excluding carboxylic acids is 2. The summed E-state index contributed by atoms with van der Waals surface area (Å²) in [7, 11) is 0. The first kappa shape index (κ1) is 15.6. The molecule has 20 heavy (non-hydrogen) atoms. The molecule has 0 unspecified atom stereocenters. The summed E-state index contributed by atoms with van der Waals surface area (Å²) >= 11 is 0. The van der Waals surface area contributed by atoms with Crippen molar-refractivity contribution in [3.05, 3.63) is 64.2 Å². The minimum absolute atomic E-state index is 0.197. The van der Waals surface area contributed by atoms with Crippen LogP contribution in [0.5, 0.6) is 5.75 Å². The van der Waals surface area contributed by atoms with E-state index in [-0.39, 0.29) is 5.75 Å².